The highest BCUT2D eigenvalue weighted by atomic mass is 16.2. The summed E-state index contributed by atoms with van der Waals surface area (Å²) in [5.74, 6) is 1.18. The summed E-state index contributed by atoms with van der Waals surface area (Å²) in [5, 5.41) is 8.68. The van der Waals surface area contributed by atoms with E-state index in [-0.39, 0.29) is 17.2 Å². The molecule has 18 heavy (non-hydrogen) atoms. The highest BCUT2D eigenvalue weighted by Gasteiger charge is 2.30. The minimum atomic E-state index is 0.270. The van der Waals surface area contributed by atoms with Gasteiger partial charge in [-0.15, -0.1) is 0 Å². The fourth-order valence-electron chi connectivity index (χ4n) is 2.69. The second kappa shape index (κ2) is 6.22. The van der Waals surface area contributed by atoms with E-state index < -0.39 is 0 Å². The normalized spacial score (nSPS) is 23.4. The van der Waals surface area contributed by atoms with Crippen LogP contribution in [0, 0.1) is 28.6 Å². The standard InChI is InChI=1S/C15H26N2O/c1-12(7-9-16)11-17-10-8-13(15(2,3)4)5-6-14(17)18/h12-13H,5-8,10-11H2,1-4H3/t12-,13+/m0/s1. The van der Waals surface area contributed by atoms with E-state index in [1.165, 1.54) is 0 Å². The molecule has 1 aliphatic rings. The SMILES string of the molecule is C[C@@H](CC#N)CN1CC[C@H](C(C)(C)C)CCC1=O. The second-order valence-electron chi connectivity index (χ2n) is 6.70. The van der Waals surface area contributed by atoms with Gasteiger partial charge in [-0.2, -0.15) is 5.26 Å². The predicted molar refractivity (Wildman–Crippen MR) is 72.8 cm³/mol. The summed E-state index contributed by atoms with van der Waals surface area (Å²) in [4.78, 5) is 14.0. The van der Waals surface area contributed by atoms with E-state index >= 15 is 0 Å². The van der Waals surface area contributed by atoms with Crippen LogP contribution in [0.25, 0.3) is 0 Å². The van der Waals surface area contributed by atoms with Crippen LogP contribution in [-0.4, -0.2) is 23.9 Å². The molecule has 3 heteroatoms. The Kier molecular flexibility index (Phi) is 5.19. The molecule has 0 aliphatic carbocycles. The molecule has 2 atom stereocenters. The van der Waals surface area contributed by atoms with Crippen molar-refractivity contribution < 1.29 is 4.79 Å². The molecule has 1 aliphatic heterocycles. The fraction of sp³-hybridized carbons (Fsp3) is 0.867. The Labute approximate surface area is 111 Å². The van der Waals surface area contributed by atoms with Gasteiger partial charge in [0, 0.05) is 25.9 Å². The van der Waals surface area contributed by atoms with Crippen molar-refractivity contribution in [1.82, 2.24) is 4.90 Å². The lowest BCUT2D eigenvalue weighted by Gasteiger charge is -2.30. The number of rotatable bonds is 3. The van der Waals surface area contributed by atoms with Crippen LogP contribution in [0.3, 0.4) is 0 Å². The van der Waals surface area contributed by atoms with Crippen molar-refractivity contribution in [2.75, 3.05) is 13.1 Å². The van der Waals surface area contributed by atoms with Crippen LogP contribution >= 0.6 is 0 Å². The van der Waals surface area contributed by atoms with Crippen LogP contribution in [0.1, 0.15) is 53.4 Å². The van der Waals surface area contributed by atoms with Gasteiger partial charge < -0.3 is 4.90 Å². The lowest BCUT2D eigenvalue weighted by atomic mass is 9.77. The number of amides is 1. The Morgan fingerprint density at radius 2 is 2.11 bits per heavy atom. The van der Waals surface area contributed by atoms with E-state index in [0.717, 1.165) is 25.9 Å². The molecular weight excluding hydrogens is 224 g/mol. The smallest absolute Gasteiger partial charge is 0.222 e. The van der Waals surface area contributed by atoms with E-state index in [4.69, 9.17) is 5.26 Å². The topological polar surface area (TPSA) is 44.1 Å². The first-order chi connectivity index (χ1) is 8.34. The number of nitriles is 1. The van der Waals surface area contributed by atoms with Crippen LogP contribution in [0.2, 0.25) is 0 Å². The summed E-state index contributed by atoms with van der Waals surface area (Å²) in [6.07, 6.45) is 3.30. The molecule has 0 aromatic carbocycles. The minimum Gasteiger partial charge on any atom is -0.342 e. The average Bonchev–Trinajstić information content (AvgIpc) is 2.41. The summed E-state index contributed by atoms with van der Waals surface area (Å²) in [7, 11) is 0. The molecule has 1 heterocycles. The third kappa shape index (κ3) is 4.33. The molecular formula is C15H26N2O. The number of likely N-dealkylation sites (tertiary alicyclic amines) is 1. The van der Waals surface area contributed by atoms with Gasteiger partial charge in [-0.05, 0) is 30.1 Å². The Bertz CT molecular complexity index is 324. The molecule has 1 saturated heterocycles. The van der Waals surface area contributed by atoms with E-state index in [1.54, 1.807) is 0 Å². The first-order valence-corrected chi connectivity index (χ1v) is 6.99. The molecule has 1 rings (SSSR count). The second-order valence-corrected chi connectivity index (χ2v) is 6.70. The van der Waals surface area contributed by atoms with Crippen LogP contribution < -0.4 is 0 Å². The summed E-state index contributed by atoms with van der Waals surface area (Å²) in [5.41, 5.74) is 0.286. The molecule has 0 N–H and O–H groups in total. The maximum Gasteiger partial charge on any atom is 0.222 e. The van der Waals surface area contributed by atoms with Crippen molar-refractivity contribution in [3.05, 3.63) is 0 Å². The fourth-order valence-corrected chi connectivity index (χ4v) is 2.69. The number of carbonyl (C=O) groups excluding carboxylic acids is 1. The molecule has 1 fully saturated rings. The summed E-state index contributed by atoms with van der Waals surface area (Å²) >= 11 is 0. The van der Waals surface area contributed by atoms with Gasteiger partial charge in [-0.3, -0.25) is 4.79 Å². The summed E-state index contributed by atoms with van der Waals surface area (Å²) in [6.45, 7) is 10.4. The molecule has 102 valence electrons. The lowest BCUT2D eigenvalue weighted by Crippen LogP contribution is -2.34. The van der Waals surface area contributed by atoms with Crippen molar-refractivity contribution in [2.24, 2.45) is 17.3 Å². The third-order valence-corrected chi connectivity index (χ3v) is 4.00. The van der Waals surface area contributed by atoms with Gasteiger partial charge in [0.25, 0.3) is 0 Å². The summed E-state index contributed by atoms with van der Waals surface area (Å²) < 4.78 is 0. The van der Waals surface area contributed by atoms with Gasteiger partial charge >= 0.3 is 0 Å². The zero-order valence-electron chi connectivity index (χ0n) is 12.2. The Balaban J connectivity index is 2.57. The molecule has 0 unspecified atom stereocenters. The maximum atomic E-state index is 12.1. The molecule has 0 aromatic heterocycles. The number of carbonyl (C=O) groups is 1. The van der Waals surface area contributed by atoms with E-state index in [9.17, 15) is 4.79 Å². The third-order valence-electron chi connectivity index (χ3n) is 4.00. The van der Waals surface area contributed by atoms with Gasteiger partial charge in [0.1, 0.15) is 0 Å². The highest BCUT2D eigenvalue weighted by molar-refractivity contribution is 5.76. The van der Waals surface area contributed by atoms with Crippen LogP contribution in [0.5, 0.6) is 0 Å². The van der Waals surface area contributed by atoms with Gasteiger partial charge in [-0.1, -0.05) is 27.7 Å². The molecule has 0 spiro atoms. The van der Waals surface area contributed by atoms with Gasteiger partial charge in [0.15, 0.2) is 0 Å². The van der Waals surface area contributed by atoms with Crippen LogP contribution in [0.4, 0.5) is 0 Å². The highest BCUT2D eigenvalue weighted by Crippen LogP contribution is 2.34. The monoisotopic (exact) mass is 250 g/mol. The Hall–Kier alpha value is -1.04. The van der Waals surface area contributed by atoms with Gasteiger partial charge in [-0.25, -0.2) is 0 Å². The quantitative estimate of drug-likeness (QED) is 0.772. The van der Waals surface area contributed by atoms with Crippen molar-refractivity contribution in [2.45, 2.75) is 53.4 Å². The predicted octanol–water partition coefficient (Wildman–Crippen LogP) is 3.21. The molecule has 3 nitrogen and oxygen atoms in total. The molecule has 0 bridgehead atoms. The van der Waals surface area contributed by atoms with E-state index in [2.05, 4.69) is 26.8 Å². The van der Waals surface area contributed by atoms with Gasteiger partial charge in [0.05, 0.1) is 6.07 Å². The van der Waals surface area contributed by atoms with Crippen molar-refractivity contribution in [1.29, 1.82) is 5.26 Å². The molecule has 0 radical (unpaired) electrons. The van der Waals surface area contributed by atoms with Crippen molar-refractivity contribution in [3.8, 4) is 6.07 Å². The first-order valence-electron chi connectivity index (χ1n) is 6.99. The Morgan fingerprint density at radius 1 is 1.44 bits per heavy atom. The number of hydrogen-bond donors (Lipinski definition) is 0. The first kappa shape index (κ1) is 15.0. The lowest BCUT2D eigenvalue weighted by molar-refractivity contribution is -0.131. The summed E-state index contributed by atoms with van der Waals surface area (Å²) in [6, 6.07) is 2.18. The Morgan fingerprint density at radius 3 is 2.67 bits per heavy atom. The zero-order chi connectivity index (χ0) is 13.8. The van der Waals surface area contributed by atoms with E-state index in [0.29, 0.717) is 18.8 Å². The zero-order valence-corrected chi connectivity index (χ0v) is 12.2. The van der Waals surface area contributed by atoms with Crippen molar-refractivity contribution in [3.63, 3.8) is 0 Å². The van der Waals surface area contributed by atoms with Gasteiger partial charge in [0.2, 0.25) is 5.91 Å². The number of hydrogen-bond acceptors (Lipinski definition) is 2. The molecule has 0 aromatic rings. The van der Waals surface area contributed by atoms with Crippen LogP contribution in [0.15, 0.2) is 0 Å². The maximum absolute atomic E-state index is 12.1. The minimum absolute atomic E-state index is 0.270. The largest absolute Gasteiger partial charge is 0.342 e. The average molecular weight is 250 g/mol. The van der Waals surface area contributed by atoms with E-state index in [1.807, 2.05) is 11.8 Å². The van der Waals surface area contributed by atoms with Crippen LogP contribution in [-0.2, 0) is 4.79 Å². The molecule has 1 amide bonds. The molecule has 0 saturated carbocycles. The van der Waals surface area contributed by atoms with Crippen molar-refractivity contribution >= 4 is 5.91 Å². The number of nitrogens with zero attached hydrogens (tertiary/aromatic N) is 2.